The zero-order valence-corrected chi connectivity index (χ0v) is 26.8. The fraction of sp³-hybridized carbons (Fsp3) is 0. The quantitative estimate of drug-likeness (QED) is 0.192. The van der Waals surface area contributed by atoms with E-state index in [9.17, 15) is 0 Å². The molecule has 0 unspecified atom stereocenters. The SMILES string of the molecule is c1ccc(-n2ccc3cc4c5ccccc5n(-c5cncc(-n6c7ccccc7c7cc8ccn(-c9ccccc9)c8cc76)n5)c4cc32)cc1. The lowest BCUT2D eigenvalue weighted by molar-refractivity contribution is 0.979. The summed E-state index contributed by atoms with van der Waals surface area (Å²) >= 11 is 0. The van der Waals surface area contributed by atoms with Crippen molar-refractivity contribution in [2.75, 3.05) is 0 Å². The van der Waals surface area contributed by atoms with Gasteiger partial charge in [-0.2, -0.15) is 0 Å². The van der Waals surface area contributed by atoms with Gasteiger partial charge in [0.25, 0.3) is 0 Å². The van der Waals surface area contributed by atoms with E-state index in [2.05, 4.69) is 176 Å². The highest BCUT2D eigenvalue weighted by Gasteiger charge is 2.19. The fourth-order valence-electron chi connectivity index (χ4n) is 7.88. The molecule has 0 amide bonds. The predicted molar refractivity (Wildman–Crippen MR) is 204 cm³/mol. The molecule has 0 aliphatic heterocycles. The second-order valence-electron chi connectivity index (χ2n) is 12.8. The molecule has 0 saturated heterocycles. The Kier molecular flexibility index (Phi) is 5.57. The summed E-state index contributed by atoms with van der Waals surface area (Å²) in [5.74, 6) is 1.54. The number of hydrogen-bond donors (Lipinski definition) is 0. The average molecular weight is 641 g/mol. The van der Waals surface area contributed by atoms with Gasteiger partial charge in [-0.25, -0.2) is 4.98 Å². The van der Waals surface area contributed by atoms with Crippen LogP contribution < -0.4 is 0 Å². The molecule has 6 aromatic carbocycles. The minimum Gasteiger partial charge on any atom is -0.316 e. The number of benzene rings is 6. The lowest BCUT2D eigenvalue weighted by Gasteiger charge is -2.12. The van der Waals surface area contributed by atoms with Crippen LogP contribution in [0.5, 0.6) is 0 Å². The lowest BCUT2D eigenvalue weighted by atomic mass is 10.1. The van der Waals surface area contributed by atoms with Gasteiger partial charge in [0.2, 0.25) is 0 Å². The van der Waals surface area contributed by atoms with Gasteiger partial charge in [-0.05, 0) is 72.8 Å². The Hall–Kier alpha value is -6.92. The van der Waals surface area contributed by atoms with Crippen LogP contribution >= 0.6 is 0 Å². The molecule has 11 aromatic rings. The molecule has 50 heavy (non-hydrogen) atoms. The van der Waals surface area contributed by atoms with E-state index in [4.69, 9.17) is 9.97 Å². The number of nitrogens with zero attached hydrogens (tertiary/aromatic N) is 6. The molecule has 0 atom stereocenters. The number of hydrogen-bond acceptors (Lipinski definition) is 2. The third kappa shape index (κ3) is 3.84. The minimum absolute atomic E-state index is 0.769. The Morgan fingerprint density at radius 3 is 1.28 bits per heavy atom. The third-order valence-electron chi connectivity index (χ3n) is 10.1. The molecule has 0 fully saturated rings. The van der Waals surface area contributed by atoms with Crippen LogP contribution in [0.3, 0.4) is 0 Å². The van der Waals surface area contributed by atoms with Gasteiger partial charge in [-0.1, -0.05) is 72.8 Å². The van der Waals surface area contributed by atoms with Gasteiger partial charge in [0.15, 0.2) is 11.6 Å². The number of rotatable bonds is 4. The van der Waals surface area contributed by atoms with Crippen molar-refractivity contribution in [1.29, 1.82) is 0 Å². The first kappa shape index (κ1) is 27.1. The standard InChI is InChI=1S/C44H28N6/c1-3-11-31(12-4-1)47-21-19-29-23-35-33-15-7-9-17-37(33)49(41(35)25-39(29)47)43-27-45-28-44(46-43)50-38-18-10-8-16-34(38)36-24-30-20-22-48(40(30)26-42(36)50)32-13-5-2-6-14-32/h1-28H. The van der Waals surface area contributed by atoms with Crippen molar-refractivity contribution in [1.82, 2.24) is 28.2 Å². The molecule has 0 aliphatic rings. The van der Waals surface area contributed by atoms with Crippen LogP contribution in [0.1, 0.15) is 0 Å². The number of aromatic nitrogens is 6. The molecule has 0 bridgehead atoms. The van der Waals surface area contributed by atoms with Gasteiger partial charge in [-0.15, -0.1) is 0 Å². The molecule has 0 radical (unpaired) electrons. The molecule has 5 heterocycles. The topological polar surface area (TPSA) is 45.5 Å². The van der Waals surface area contributed by atoms with E-state index in [1.165, 1.54) is 32.3 Å². The Morgan fingerprint density at radius 2 is 0.800 bits per heavy atom. The third-order valence-corrected chi connectivity index (χ3v) is 10.1. The highest BCUT2D eigenvalue weighted by molar-refractivity contribution is 6.14. The zero-order chi connectivity index (χ0) is 32.8. The van der Waals surface area contributed by atoms with E-state index >= 15 is 0 Å². The first-order valence-corrected chi connectivity index (χ1v) is 16.8. The summed E-state index contributed by atoms with van der Waals surface area (Å²) in [6.07, 6.45) is 8.06. The summed E-state index contributed by atoms with van der Waals surface area (Å²) in [5.41, 5.74) is 8.91. The molecule has 6 heteroatoms. The van der Waals surface area contributed by atoms with Crippen LogP contribution in [-0.2, 0) is 0 Å². The Bertz CT molecular complexity index is 2880. The molecule has 5 aromatic heterocycles. The highest BCUT2D eigenvalue weighted by Crippen LogP contribution is 2.38. The summed E-state index contributed by atoms with van der Waals surface area (Å²) in [7, 11) is 0. The largest absolute Gasteiger partial charge is 0.316 e. The van der Waals surface area contributed by atoms with E-state index in [0.29, 0.717) is 0 Å². The van der Waals surface area contributed by atoms with Gasteiger partial charge in [0.05, 0.1) is 45.5 Å². The Balaban J connectivity index is 1.17. The van der Waals surface area contributed by atoms with E-state index in [1.807, 2.05) is 12.4 Å². The zero-order valence-electron chi connectivity index (χ0n) is 26.8. The maximum absolute atomic E-state index is 5.40. The molecule has 0 spiro atoms. The maximum Gasteiger partial charge on any atom is 0.158 e. The Morgan fingerprint density at radius 1 is 0.360 bits per heavy atom. The van der Waals surface area contributed by atoms with Crippen LogP contribution in [0.25, 0.3) is 88.4 Å². The summed E-state index contributed by atoms with van der Waals surface area (Å²) in [4.78, 5) is 10.2. The lowest BCUT2D eigenvalue weighted by Crippen LogP contribution is -2.04. The predicted octanol–water partition coefficient (Wildman–Crippen LogP) is 10.6. The normalized spacial score (nSPS) is 12.0. The van der Waals surface area contributed by atoms with Gasteiger partial charge in [0.1, 0.15) is 0 Å². The smallest absolute Gasteiger partial charge is 0.158 e. The van der Waals surface area contributed by atoms with Crippen LogP contribution in [0, 0.1) is 0 Å². The maximum atomic E-state index is 5.40. The van der Waals surface area contributed by atoms with Gasteiger partial charge in [-0.3, -0.25) is 14.1 Å². The molecule has 234 valence electrons. The van der Waals surface area contributed by atoms with Crippen molar-refractivity contribution in [2.24, 2.45) is 0 Å². The van der Waals surface area contributed by atoms with Crippen molar-refractivity contribution < 1.29 is 0 Å². The molecule has 0 saturated carbocycles. The fourth-order valence-corrected chi connectivity index (χ4v) is 7.88. The van der Waals surface area contributed by atoms with Gasteiger partial charge >= 0.3 is 0 Å². The molecular formula is C44H28N6. The summed E-state index contributed by atoms with van der Waals surface area (Å²) < 4.78 is 9.02. The van der Waals surface area contributed by atoms with Crippen LogP contribution in [0.4, 0.5) is 0 Å². The van der Waals surface area contributed by atoms with Crippen molar-refractivity contribution in [3.8, 4) is 23.0 Å². The summed E-state index contributed by atoms with van der Waals surface area (Å²) in [6, 6.07) is 51.7. The second-order valence-corrected chi connectivity index (χ2v) is 12.8. The monoisotopic (exact) mass is 640 g/mol. The molecule has 6 nitrogen and oxygen atoms in total. The van der Waals surface area contributed by atoms with Crippen molar-refractivity contribution in [3.05, 3.63) is 170 Å². The average Bonchev–Trinajstić information content (AvgIpc) is 3.94. The first-order valence-electron chi connectivity index (χ1n) is 16.8. The van der Waals surface area contributed by atoms with E-state index < -0.39 is 0 Å². The van der Waals surface area contributed by atoms with Crippen LogP contribution in [-0.4, -0.2) is 28.2 Å². The second kappa shape index (κ2) is 10.3. The van der Waals surface area contributed by atoms with Crippen molar-refractivity contribution in [3.63, 3.8) is 0 Å². The van der Waals surface area contributed by atoms with Crippen molar-refractivity contribution >= 4 is 65.4 Å². The van der Waals surface area contributed by atoms with Gasteiger partial charge in [0, 0.05) is 56.1 Å². The molecular weight excluding hydrogens is 613 g/mol. The van der Waals surface area contributed by atoms with E-state index in [1.54, 1.807) is 0 Å². The molecule has 11 rings (SSSR count). The molecule has 0 aliphatic carbocycles. The number of para-hydroxylation sites is 4. The van der Waals surface area contributed by atoms with Crippen LogP contribution in [0.2, 0.25) is 0 Å². The highest BCUT2D eigenvalue weighted by atomic mass is 15.2. The van der Waals surface area contributed by atoms with Crippen LogP contribution in [0.15, 0.2) is 170 Å². The van der Waals surface area contributed by atoms with Gasteiger partial charge < -0.3 is 9.13 Å². The summed E-state index contributed by atoms with van der Waals surface area (Å²) in [6.45, 7) is 0. The number of fused-ring (bicyclic) bond motifs is 8. The van der Waals surface area contributed by atoms with E-state index in [0.717, 1.165) is 56.1 Å². The Labute approximate surface area is 286 Å². The molecule has 0 N–H and O–H groups in total. The van der Waals surface area contributed by atoms with E-state index in [-0.39, 0.29) is 0 Å². The minimum atomic E-state index is 0.769. The van der Waals surface area contributed by atoms with Crippen molar-refractivity contribution in [2.45, 2.75) is 0 Å². The summed E-state index contributed by atoms with van der Waals surface area (Å²) in [5, 5.41) is 7.14. The first-order chi connectivity index (χ1) is 24.8.